The van der Waals surface area contributed by atoms with Gasteiger partial charge in [0.2, 0.25) is 0 Å². The van der Waals surface area contributed by atoms with Crippen molar-refractivity contribution in [2.24, 2.45) is 0 Å². The minimum Gasteiger partial charge on any atom is -0.360 e. The van der Waals surface area contributed by atoms with Crippen molar-refractivity contribution in [3.05, 3.63) is 41.6 Å². The normalized spacial score (nSPS) is 16.0. The first kappa shape index (κ1) is 16.9. The number of hydrogen-bond donors (Lipinski definition) is 2. The molecule has 1 aromatic rings. The Labute approximate surface area is 132 Å². The summed E-state index contributed by atoms with van der Waals surface area (Å²) in [7, 11) is 0. The third-order valence-corrected chi connectivity index (χ3v) is 3.66. The predicted octanol–water partition coefficient (Wildman–Crippen LogP) is 3.58. The zero-order chi connectivity index (χ0) is 16.9. The molecule has 0 bridgehead atoms. The zero-order valence-electron chi connectivity index (χ0n) is 12.3. The van der Waals surface area contributed by atoms with Crippen LogP contribution in [0.2, 0.25) is 0 Å². The van der Waals surface area contributed by atoms with Crippen LogP contribution >= 0.6 is 0 Å². The third-order valence-electron chi connectivity index (χ3n) is 3.66. The van der Waals surface area contributed by atoms with Crippen LogP contribution in [0, 0.1) is 11.3 Å². The number of hydrogen-bond acceptors (Lipinski definition) is 3. The number of para-hydroxylation sites is 1. The molecule has 2 N–H and O–H groups in total. The molecular weight excluding hydrogens is 307 g/mol. The van der Waals surface area contributed by atoms with Gasteiger partial charge in [-0.15, -0.1) is 0 Å². The van der Waals surface area contributed by atoms with Gasteiger partial charge in [0.05, 0.1) is 11.3 Å². The Bertz CT molecular complexity index is 641. The standard InChI is InChI=1S/C16H16F3N3O/c17-16(18,19)13-7-3-4-8-14(13)21-10-11(9-20)15(23)22-12-5-1-2-6-12/h3-4,7-8,10,12,21H,1-2,5-6H2,(H,22,23)/b11-10-. The number of nitriles is 1. The van der Waals surface area contributed by atoms with Gasteiger partial charge in [0.15, 0.2) is 0 Å². The van der Waals surface area contributed by atoms with Gasteiger partial charge in [-0.1, -0.05) is 25.0 Å². The van der Waals surface area contributed by atoms with E-state index in [1.807, 2.05) is 0 Å². The highest BCUT2D eigenvalue weighted by atomic mass is 19.4. The lowest BCUT2D eigenvalue weighted by molar-refractivity contribution is -0.136. The quantitative estimate of drug-likeness (QED) is 0.657. The summed E-state index contributed by atoms with van der Waals surface area (Å²) < 4.78 is 38.6. The van der Waals surface area contributed by atoms with Gasteiger partial charge < -0.3 is 10.6 Å². The van der Waals surface area contributed by atoms with Gasteiger partial charge in [0.1, 0.15) is 11.6 Å². The number of anilines is 1. The van der Waals surface area contributed by atoms with Gasteiger partial charge in [-0.3, -0.25) is 4.79 Å². The summed E-state index contributed by atoms with van der Waals surface area (Å²) in [6, 6.07) is 6.62. The number of amides is 1. The molecule has 0 aliphatic heterocycles. The lowest BCUT2D eigenvalue weighted by Crippen LogP contribution is -2.33. The second-order valence-corrected chi connectivity index (χ2v) is 5.31. The first-order chi connectivity index (χ1) is 10.9. The van der Waals surface area contributed by atoms with Gasteiger partial charge in [-0.25, -0.2) is 0 Å². The van der Waals surface area contributed by atoms with Crippen molar-refractivity contribution in [3.63, 3.8) is 0 Å². The molecule has 4 nitrogen and oxygen atoms in total. The number of nitrogens with zero attached hydrogens (tertiary/aromatic N) is 1. The summed E-state index contributed by atoms with van der Waals surface area (Å²) in [5.41, 5.74) is -1.32. The summed E-state index contributed by atoms with van der Waals surface area (Å²) in [4.78, 5) is 12.0. The Kier molecular flexibility index (Phi) is 5.27. The van der Waals surface area contributed by atoms with E-state index in [2.05, 4.69) is 10.6 Å². The minimum absolute atomic E-state index is 0.0294. The van der Waals surface area contributed by atoms with Crippen molar-refractivity contribution < 1.29 is 18.0 Å². The number of benzene rings is 1. The largest absolute Gasteiger partial charge is 0.418 e. The SMILES string of the molecule is N#C/C(=C/Nc1ccccc1C(F)(F)F)C(=O)NC1CCCC1. The average molecular weight is 323 g/mol. The van der Waals surface area contributed by atoms with Crippen LogP contribution in [-0.4, -0.2) is 11.9 Å². The molecule has 1 aliphatic carbocycles. The fraction of sp³-hybridized carbons (Fsp3) is 0.375. The number of rotatable bonds is 4. The molecule has 23 heavy (non-hydrogen) atoms. The molecule has 0 atom stereocenters. The van der Waals surface area contributed by atoms with Gasteiger partial charge in [-0.05, 0) is 25.0 Å². The number of halogens is 3. The number of carbonyl (C=O) groups excluding carboxylic acids is 1. The molecule has 7 heteroatoms. The molecule has 1 amide bonds. The van der Waals surface area contributed by atoms with E-state index in [9.17, 15) is 18.0 Å². The van der Waals surface area contributed by atoms with E-state index in [1.54, 1.807) is 6.07 Å². The molecule has 0 radical (unpaired) electrons. The Hall–Kier alpha value is -2.49. The van der Waals surface area contributed by atoms with Crippen molar-refractivity contribution in [2.75, 3.05) is 5.32 Å². The van der Waals surface area contributed by atoms with E-state index in [0.717, 1.165) is 37.9 Å². The Balaban J connectivity index is 2.11. The van der Waals surface area contributed by atoms with Crippen LogP contribution in [-0.2, 0) is 11.0 Å². The summed E-state index contributed by atoms with van der Waals surface area (Å²) in [5.74, 6) is -0.573. The van der Waals surface area contributed by atoms with Crippen LogP contribution in [0.4, 0.5) is 18.9 Å². The molecule has 1 saturated carbocycles. The second kappa shape index (κ2) is 7.18. The van der Waals surface area contributed by atoms with E-state index >= 15 is 0 Å². The highest BCUT2D eigenvalue weighted by Gasteiger charge is 2.33. The van der Waals surface area contributed by atoms with Crippen molar-refractivity contribution in [1.82, 2.24) is 5.32 Å². The zero-order valence-corrected chi connectivity index (χ0v) is 12.3. The maximum absolute atomic E-state index is 12.9. The van der Waals surface area contributed by atoms with Gasteiger partial charge in [0, 0.05) is 12.2 Å². The second-order valence-electron chi connectivity index (χ2n) is 5.31. The maximum atomic E-state index is 12.9. The molecule has 1 aromatic carbocycles. The lowest BCUT2D eigenvalue weighted by atomic mass is 10.1. The third kappa shape index (κ3) is 4.49. The minimum atomic E-state index is -4.52. The molecule has 122 valence electrons. The lowest BCUT2D eigenvalue weighted by Gasteiger charge is -2.13. The Morgan fingerprint density at radius 1 is 1.26 bits per heavy atom. The molecule has 0 unspecified atom stereocenters. The van der Waals surface area contributed by atoms with Crippen LogP contribution in [0.5, 0.6) is 0 Å². The smallest absolute Gasteiger partial charge is 0.360 e. The molecule has 0 heterocycles. The van der Waals surface area contributed by atoms with Gasteiger partial charge in [-0.2, -0.15) is 18.4 Å². The summed E-state index contributed by atoms with van der Waals surface area (Å²) in [5, 5.41) is 14.2. The number of nitrogens with one attached hydrogen (secondary N) is 2. The van der Waals surface area contributed by atoms with Crippen molar-refractivity contribution in [1.29, 1.82) is 5.26 Å². The Morgan fingerprint density at radius 2 is 1.91 bits per heavy atom. The van der Waals surface area contributed by atoms with Crippen LogP contribution in [0.3, 0.4) is 0 Å². The van der Waals surface area contributed by atoms with Crippen LogP contribution in [0.15, 0.2) is 36.0 Å². The number of carbonyl (C=O) groups is 1. The molecule has 0 saturated heterocycles. The van der Waals surface area contributed by atoms with Crippen molar-refractivity contribution in [2.45, 2.75) is 37.9 Å². The molecular formula is C16H16F3N3O. The Morgan fingerprint density at radius 3 is 2.52 bits per heavy atom. The number of alkyl halides is 3. The van der Waals surface area contributed by atoms with Crippen LogP contribution < -0.4 is 10.6 Å². The molecule has 2 rings (SSSR count). The first-order valence-corrected chi connectivity index (χ1v) is 7.25. The maximum Gasteiger partial charge on any atom is 0.418 e. The van der Waals surface area contributed by atoms with Crippen LogP contribution in [0.1, 0.15) is 31.2 Å². The average Bonchev–Trinajstić information content (AvgIpc) is 3.00. The van der Waals surface area contributed by atoms with E-state index in [0.29, 0.717) is 0 Å². The van der Waals surface area contributed by atoms with Gasteiger partial charge >= 0.3 is 6.18 Å². The monoisotopic (exact) mass is 323 g/mol. The van der Waals surface area contributed by atoms with E-state index in [-0.39, 0.29) is 17.3 Å². The van der Waals surface area contributed by atoms with Crippen LogP contribution in [0.25, 0.3) is 0 Å². The van der Waals surface area contributed by atoms with Gasteiger partial charge in [0.25, 0.3) is 5.91 Å². The van der Waals surface area contributed by atoms with Crippen molar-refractivity contribution in [3.8, 4) is 6.07 Å². The van der Waals surface area contributed by atoms with Crippen molar-refractivity contribution >= 4 is 11.6 Å². The molecule has 1 fully saturated rings. The molecule has 1 aliphatic rings. The molecule has 0 spiro atoms. The summed E-state index contributed by atoms with van der Waals surface area (Å²) in [6.07, 6.45) is 0.246. The van der Waals surface area contributed by atoms with E-state index in [1.165, 1.54) is 18.2 Å². The highest BCUT2D eigenvalue weighted by molar-refractivity contribution is 5.97. The van der Waals surface area contributed by atoms with E-state index in [4.69, 9.17) is 5.26 Å². The summed E-state index contributed by atoms with van der Waals surface area (Å²) in [6.45, 7) is 0. The first-order valence-electron chi connectivity index (χ1n) is 7.25. The van der Waals surface area contributed by atoms with E-state index < -0.39 is 17.6 Å². The topological polar surface area (TPSA) is 64.9 Å². The highest BCUT2D eigenvalue weighted by Crippen LogP contribution is 2.34. The predicted molar refractivity (Wildman–Crippen MR) is 79.2 cm³/mol. The molecule has 0 aromatic heterocycles. The fourth-order valence-electron chi connectivity index (χ4n) is 2.49. The fourth-order valence-corrected chi connectivity index (χ4v) is 2.49. The summed E-state index contributed by atoms with van der Waals surface area (Å²) >= 11 is 0.